The largest absolute Gasteiger partial charge is 0.497 e. The Kier molecular flexibility index (Phi) is 14.4. The molecule has 1 aliphatic rings. The lowest BCUT2D eigenvalue weighted by Gasteiger charge is -2.43. The summed E-state index contributed by atoms with van der Waals surface area (Å²) in [4.78, 5) is 12.1. The Morgan fingerprint density at radius 2 is 1.40 bits per heavy atom. The predicted molar refractivity (Wildman–Crippen MR) is 210 cm³/mol. The van der Waals surface area contributed by atoms with Crippen molar-refractivity contribution in [2.45, 2.75) is 122 Å². The van der Waals surface area contributed by atoms with Crippen molar-refractivity contribution >= 4 is 32.8 Å². The van der Waals surface area contributed by atoms with Crippen LogP contribution in [0.15, 0.2) is 97.1 Å². The van der Waals surface area contributed by atoms with Gasteiger partial charge in [-0.3, -0.25) is 4.79 Å². The van der Waals surface area contributed by atoms with Crippen LogP contribution in [0.3, 0.4) is 0 Å². The molecule has 1 fully saturated rings. The highest BCUT2D eigenvalue weighted by Gasteiger charge is 2.50. The molecule has 50 heavy (non-hydrogen) atoms. The average Bonchev–Trinajstić information content (AvgIpc) is 3.04. The number of Topliss-reactive ketones (excluding diaryl/α,β-unsaturated/α-hetero) is 1. The quantitative estimate of drug-likeness (QED) is 0.0971. The van der Waals surface area contributed by atoms with Crippen LogP contribution in [-0.2, 0) is 29.7 Å². The van der Waals surface area contributed by atoms with Crippen LogP contribution in [0.1, 0.15) is 71.8 Å². The van der Waals surface area contributed by atoms with E-state index >= 15 is 0 Å². The van der Waals surface area contributed by atoms with Crippen LogP contribution in [-0.4, -0.2) is 60.6 Å². The zero-order valence-electron chi connectivity index (χ0n) is 31.7. The van der Waals surface area contributed by atoms with Gasteiger partial charge in [-0.1, -0.05) is 106 Å². The number of benzene rings is 3. The smallest absolute Gasteiger partial charge is 0.261 e. The highest BCUT2D eigenvalue weighted by molar-refractivity contribution is 6.99. The molecular formula is C42H60O6Si2. The molecule has 0 radical (unpaired) electrons. The minimum absolute atomic E-state index is 0.0418. The van der Waals surface area contributed by atoms with E-state index in [2.05, 4.69) is 120 Å². The molecule has 6 nitrogen and oxygen atoms in total. The molecule has 0 saturated carbocycles. The summed E-state index contributed by atoms with van der Waals surface area (Å²) < 4.78 is 32.6. The fourth-order valence-electron chi connectivity index (χ4n) is 7.26. The van der Waals surface area contributed by atoms with E-state index in [0.717, 1.165) is 37.0 Å². The first-order chi connectivity index (χ1) is 23.7. The Labute approximate surface area is 303 Å². The maximum Gasteiger partial charge on any atom is 0.261 e. The van der Waals surface area contributed by atoms with Crippen molar-refractivity contribution in [3.05, 3.63) is 103 Å². The van der Waals surface area contributed by atoms with Crippen LogP contribution < -0.4 is 15.1 Å². The summed E-state index contributed by atoms with van der Waals surface area (Å²) >= 11 is 0. The van der Waals surface area contributed by atoms with Gasteiger partial charge >= 0.3 is 0 Å². The minimum atomic E-state index is -2.69. The SMILES string of the molecule is C=C1C[C@H](C[C@H](CC(C)=O)O[Si](C)(C)C)O[C@H](C[C@H](CCO[Si](c2ccccc2)(c2ccccc2)C(C)(C)C)OCc2ccc(OC)cc2)C1. The number of rotatable bonds is 18. The molecule has 0 spiro atoms. The van der Waals surface area contributed by atoms with Crippen LogP contribution in [0.2, 0.25) is 24.7 Å². The standard InChI is InChI=1S/C42H60O6Si2/c1-32-26-37(47-38(27-32)30-39(28-33(2)43)48-49(7,8)9)29-36(45-31-34-20-22-35(44-6)23-21-34)24-25-46-50(42(3,4)5,40-16-12-10-13-17-40)41-18-14-11-15-19-41/h10-23,36-39H,1,24-31H2,2-9H3/t36-,37-,38+,39-/m0/s1. The first-order valence-corrected chi connectivity index (χ1v) is 23.5. The molecule has 0 aliphatic carbocycles. The van der Waals surface area contributed by atoms with Crippen LogP contribution in [0.4, 0.5) is 0 Å². The van der Waals surface area contributed by atoms with Crippen molar-refractivity contribution in [3.8, 4) is 5.75 Å². The third kappa shape index (κ3) is 11.6. The van der Waals surface area contributed by atoms with Gasteiger partial charge in [0.05, 0.1) is 38.1 Å². The Morgan fingerprint density at radius 1 is 0.860 bits per heavy atom. The van der Waals surface area contributed by atoms with E-state index in [9.17, 15) is 4.79 Å². The van der Waals surface area contributed by atoms with Gasteiger partial charge in [-0.15, -0.1) is 0 Å². The fraction of sp³-hybridized carbons (Fsp3) is 0.500. The average molecular weight is 717 g/mol. The van der Waals surface area contributed by atoms with Crippen molar-refractivity contribution in [2.75, 3.05) is 13.7 Å². The molecule has 8 heteroatoms. The number of methoxy groups -OCH3 is 1. The van der Waals surface area contributed by atoms with Crippen molar-refractivity contribution in [1.82, 2.24) is 0 Å². The normalized spacial score (nSPS) is 18.4. The molecule has 0 aromatic heterocycles. The second kappa shape index (κ2) is 18.1. The van der Waals surface area contributed by atoms with Crippen LogP contribution in [0, 0.1) is 0 Å². The van der Waals surface area contributed by atoms with Crippen molar-refractivity contribution < 1.29 is 27.9 Å². The van der Waals surface area contributed by atoms with Crippen LogP contribution in [0.25, 0.3) is 0 Å². The summed E-state index contributed by atoms with van der Waals surface area (Å²) in [5, 5.41) is 2.43. The van der Waals surface area contributed by atoms with Gasteiger partial charge < -0.3 is 23.1 Å². The molecule has 0 amide bonds. The molecule has 4 atom stereocenters. The van der Waals surface area contributed by atoms with E-state index in [4.69, 9.17) is 23.1 Å². The fourth-order valence-corrected chi connectivity index (χ4v) is 13.0. The van der Waals surface area contributed by atoms with E-state index in [-0.39, 0.29) is 35.2 Å². The summed E-state index contributed by atoms with van der Waals surface area (Å²) in [5.74, 6) is 0.970. The highest BCUT2D eigenvalue weighted by Crippen LogP contribution is 2.37. The predicted octanol–water partition coefficient (Wildman–Crippen LogP) is 8.63. The minimum Gasteiger partial charge on any atom is -0.497 e. The van der Waals surface area contributed by atoms with E-state index in [0.29, 0.717) is 26.1 Å². The third-order valence-electron chi connectivity index (χ3n) is 9.32. The van der Waals surface area contributed by atoms with E-state index in [1.807, 2.05) is 12.1 Å². The van der Waals surface area contributed by atoms with Gasteiger partial charge in [-0.2, -0.15) is 0 Å². The van der Waals surface area contributed by atoms with E-state index < -0.39 is 16.6 Å². The van der Waals surface area contributed by atoms with Gasteiger partial charge in [0.1, 0.15) is 11.5 Å². The highest BCUT2D eigenvalue weighted by atomic mass is 28.4. The summed E-state index contributed by atoms with van der Waals surface area (Å²) in [6.07, 6.45) is 3.80. The van der Waals surface area contributed by atoms with Gasteiger partial charge in [0.2, 0.25) is 0 Å². The lowest BCUT2D eigenvalue weighted by Crippen LogP contribution is -2.66. The molecule has 1 saturated heterocycles. The van der Waals surface area contributed by atoms with Crippen molar-refractivity contribution in [2.24, 2.45) is 0 Å². The monoisotopic (exact) mass is 716 g/mol. The molecule has 0 unspecified atom stereocenters. The number of carbonyl (C=O) groups excluding carboxylic acids is 1. The Hall–Kier alpha value is -2.86. The second-order valence-electron chi connectivity index (χ2n) is 15.8. The summed E-state index contributed by atoms with van der Waals surface area (Å²) in [6, 6.07) is 29.6. The molecular weight excluding hydrogens is 657 g/mol. The Balaban J connectivity index is 1.55. The van der Waals surface area contributed by atoms with Gasteiger partial charge in [0.15, 0.2) is 8.32 Å². The zero-order chi connectivity index (χ0) is 36.4. The van der Waals surface area contributed by atoms with Crippen molar-refractivity contribution in [1.29, 1.82) is 0 Å². The van der Waals surface area contributed by atoms with Gasteiger partial charge in [0, 0.05) is 19.4 Å². The number of ether oxygens (including phenoxy) is 3. The molecule has 0 bridgehead atoms. The number of hydrogen-bond acceptors (Lipinski definition) is 6. The Bertz CT molecular complexity index is 1440. The lowest BCUT2D eigenvalue weighted by molar-refractivity contribution is -0.119. The third-order valence-corrected chi connectivity index (χ3v) is 15.4. The number of hydrogen-bond donors (Lipinski definition) is 0. The van der Waals surface area contributed by atoms with Crippen LogP contribution in [0.5, 0.6) is 5.75 Å². The molecule has 0 N–H and O–H groups in total. The Morgan fingerprint density at radius 3 is 1.88 bits per heavy atom. The molecule has 1 heterocycles. The summed E-state index contributed by atoms with van der Waals surface area (Å²) in [5.41, 5.74) is 2.27. The van der Waals surface area contributed by atoms with Gasteiger partial charge in [-0.25, -0.2) is 0 Å². The molecule has 1 aliphatic heterocycles. The molecule has 272 valence electrons. The van der Waals surface area contributed by atoms with Gasteiger partial charge in [0.25, 0.3) is 8.32 Å². The number of carbonyl (C=O) groups is 1. The molecule has 3 aromatic carbocycles. The van der Waals surface area contributed by atoms with E-state index in [1.165, 1.54) is 15.9 Å². The van der Waals surface area contributed by atoms with E-state index in [1.54, 1.807) is 14.0 Å². The van der Waals surface area contributed by atoms with Crippen LogP contribution >= 0.6 is 0 Å². The van der Waals surface area contributed by atoms with Crippen molar-refractivity contribution in [3.63, 3.8) is 0 Å². The van der Waals surface area contributed by atoms with Gasteiger partial charge in [-0.05, 0) is 85.4 Å². The summed E-state index contributed by atoms with van der Waals surface area (Å²) in [7, 11) is -2.86. The molecule has 4 rings (SSSR count). The number of ketones is 1. The second-order valence-corrected chi connectivity index (χ2v) is 24.6. The maximum atomic E-state index is 12.1. The lowest BCUT2D eigenvalue weighted by atomic mass is 9.92. The maximum absolute atomic E-state index is 12.1. The first kappa shape index (κ1) is 39.9. The zero-order valence-corrected chi connectivity index (χ0v) is 33.7. The summed E-state index contributed by atoms with van der Waals surface area (Å²) in [6.45, 7) is 20.5. The molecule has 3 aromatic rings. The first-order valence-electron chi connectivity index (χ1n) is 18.2. The topological polar surface area (TPSA) is 63.2 Å².